The van der Waals surface area contributed by atoms with Crippen molar-refractivity contribution in [1.82, 2.24) is 33.6 Å². The number of benzene rings is 8. The third kappa shape index (κ3) is 28.5. The number of unbranched alkanes of at least 4 members (excludes halogenated alkanes) is 3. The molecule has 0 radical (unpaired) electrons. The van der Waals surface area contributed by atoms with Crippen molar-refractivity contribution in [3.05, 3.63) is 359 Å². The Kier molecular flexibility index (Phi) is 37.6. The number of ether oxygens (including phenoxy) is 8. The fourth-order valence-electron chi connectivity index (χ4n) is 17.2. The summed E-state index contributed by atoms with van der Waals surface area (Å²) >= 11 is 0. The summed E-state index contributed by atoms with van der Waals surface area (Å²) in [7, 11) is 1.46. The number of nitriles is 1. The molecule has 0 amide bonds. The Morgan fingerprint density at radius 2 is 1.07 bits per heavy atom. The number of carbonyl (C=O) groups is 3. The van der Waals surface area contributed by atoms with Crippen LogP contribution in [0.1, 0.15) is 210 Å². The molecule has 13 rings (SSSR count). The van der Waals surface area contributed by atoms with Gasteiger partial charge in [-0.15, -0.1) is 0 Å². The molecule has 0 spiro atoms. The zero-order valence-corrected chi connectivity index (χ0v) is 80.0. The van der Waals surface area contributed by atoms with Crippen LogP contribution in [0.4, 0.5) is 0 Å². The number of aromatic nitrogens is 4. The van der Waals surface area contributed by atoms with Crippen LogP contribution in [-0.2, 0) is 77.2 Å². The summed E-state index contributed by atoms with van der Waals surface area (Å²) in [5.41, 5.74) is 9.17. The normalized spacial score (nSPS) is 16.0. The smallest absolute Gasteiger partial charge is 0.356 e. The van der Waals surface area contributed by atoms with Crippen molar-refractivity contribution >= 4 is 26.4 Å². The summed E-state index contributed by atoms with van der Waals surface area (Å²) in [6.07, 6.45) is 4.74. The van der Waals surface area contributed by atoms with E-state index in [4.69, 9.17) is 56.9 Å². The highest BCUT2D eigenvalue weighted by atomic mass is 31.2. The van der Waals surface area contributed by atoms with E-state index in [0.29, 0.717) is 136 Å². The van der Waals surface area contributed by atoms with Crippen molar-refractivity contribution in [2.24, 2.45) is 5.92 Å². The second-order valence-corrected chi connectivity index (χ2v) is 35.6. The molecule has 0 N–H and O–H groups in total. The molecule has 2 fully saturated rings. The van der Waals surface area contributed by atoms with E-state index < -0.39 is 67.8 Å². The monoisotopic (exact) mass is 1850 g/mol. The van der Waals surface area contributed by atoms with Crippen molar-refractivity contribution in [2.75, 3.05) is 73.4 Å². The van der Waals surface area contributed by atoms with Gasteiger partial charge in [0.15, 0.2) is 0 Å². The Morgan fingerprint density at radius 1 is 0.544 bits per heavy atom. The van der Waals surface area contributed by atoms with Gasteiger partial charge in [-0.05, 0) is 255 Å². The molecule has 0 saturated carbocycles. The average molecular weight is 1850 g/mol. The number of hydrogen-bond donors (Lipinski definition) is 0. The van der Waals surface area contributed by atoms with E-state index in [0.717, 1.165) is 50.9 Å². The second kappa shape index (κ2) is 51.0. The van der Waals surface area contributed by atoms with Gasteiger partial charge in [0.25, 0.3) is 14.1 Å². The minimum atomic E-state index is -1.80. The molecule has 24 heteroatoms. The van der Waals surface area contributed by atoms with Gasteiger partial charge in [0.05, 0.1) is 77.1 Å². The van der Waals surface area contributed by atoms with Gasteiger partial charge in [0, 0.05) is 103 Å². The number of nitrogens with zero attached hydrogens (tertiary/aromatic N) is 8. The van der Waals surface area contributed by atoms with E-state index in [-0.39, 0.29) is 81.8 Å². The topological polar surface area (TPSA) is 247 Å². The standard InChI is InChI=1S/C112H121N8O15P/c1-10-128-108(122)92-68-88(43-40-83-31-21-16-22-32-83)67-91(69-92)76-116-63-58-87(70-96-71-89(44-41-84-33-23-17-24-34-84)73-102(114-96)109(123)129-11-2)59-64-117(77-97-72-90(45-42-85-35-25-18-26-36-85)74-103(115-97)110(124)130-12-3)79-101(78-116)133-100-52-46-86(47-53-100)37-20-14-13-15-29-62-118-106(121)60-65-119(111(118)125)107-75-104(135-136(132-66-30-61-113)120(81(4)5)82(6)7)105(134-107)80-131-112(93-38-27-19-28-39-93,94-48-54-98(126-8)55-49-94)95-50-56-99(127-9)57-51-95/h16-19,21-28,31-36,38-39,46-57,60,65,67-69,71-74,81-82,87,101,104-105,107H,10-15,29-30,40,43,58-59,62-64,66,70,75-80H2,1-9H3/t87?,101?,104-,105-,107-,136?/m1/s1. The van der Waals surface area contributed by atoms with E-state index in [9.17, 15) is 29.2 Å². The first-order valence-corrected chi connectivity index (χ1v) is 48.2. The lowest BCUT2D eigenvalue weighted by atomic mass is 9.80. The fraction of sp³-hybridized carbons (Fsp3) is 0.357. The molecule has 0 aliphatic carbocycles. The minimum absolute atomic E-state index is 0.00312. The number of esters is 3. The molecule has 5 heterocycles. The van der Waals surface area contributed by atoms with E-state index >= 15 is 0 Å². The molecule has 2 aliphatic heterocycles. The highest BCUT2D eigenvalue weighted by Crippen LogP contribution is 2.51. The number of hydrogen-bond acceptors (Lipinski definition) is 21. The van der Waals surface area contributed by atoms with Crippen LogP contribution in [0.25, 0.3) is 0 Å². The number of rotatable bonds is 39. The van der Waals surface area contributed by atoms with Gasteiger partial charge >= 0.3 is 23.6 Å². The number of carbonyl (C=O) groups excluding carboxylic acids is 3. The molecule has 23 nitrogen and oxygen atoms in total. The summed E-state index contributed by atoms with van der Waals surface area (Å²) in [6, 6.07) is 79.9. The van der Waals surface area contributed by atoms with Crippen LogP contribution in [0.2, 0.25) is 0 Å². The minimum Gasteiger partial charge on any atom is -0.497 e. The van der Waals surface area contributed by atoms with Crippen molar-refractivity contribution in [3.63, 3.8) is 0 Å². The maximum atomic E-state index is 14.9. The van der Waals surface area contributed by atoms with Gasteiger partial charge < -0.3 is 46.9 Å². The zero-order valence-electron chi connectivity index (χ0n) is 79.1. The van der Waals surface area contributed by atoms with Gasteiger partial charge in [-0.1, -0.05) is 169 Å². The Morgan fingerprint density at radius 3 is 1.65 bits per heavy atom. The predicted octanol–water partition coefficient (Wildman–Crippen LogP) is 18.9. The van der Waals surface area contributed by atoms with Crippen LogP contribution in [0.3, 0.4) is 0 Å². The SMILES string of the molecule is CCOC(=O)c1cc(CCc2ccccc2)cc(CN2CCC(Cc3cc(C#Cc4ccccc4)cc(C(=O)OCC)n3)CCN(Cc3cc(C#Cc4ccccc4)cc(C(=O)OCC)n3)CC(Oc3ccc(C#CCCCCCn4c(=O)ccn([C@H]5C[C@@H](OP(OCCC#N)N(C(C)C)C(C)C)[C@@H](COC(c6ccccc6)(c6ccc(OC)cc6)c6ccc(OC)cc6)O5)c4=O)cc3)C2)c1. The van der Waals surface area contributed by atoms with E-state index in [2.05, 4.69) is 102 Å². The van der Waals surface area contributed by atoms with Crippen LogP contribution < -0.4 is 25.5 Å². The molecule has 136 heavy (non-hydrogen) atoms. The summed E-state index contributed by atoms with van der Waals surface area (Å²) < 4.78 is 68.4. The van der Waals surface area contributed by atoms with Crippen LogP contribution in [-0.4, -0.2) is 155 Å². The van der Waals surface area contributed by atoms with Crippen molar-refractivity contribution in [1.29, 1.82) is 5.26 Å². The highest BCUT2D eigenvalue weighted by Gasteiger charge is 2.46. The second-order valence-electron chi connectivity index (χ2n) is 34.2. The molecule has 3 unspecified atom stereocenters. The third-order valence-corrected chi connectivity index (χ3v) is 25.8. The number of pyridine rings is 2. The van der Waals surface area contributed by atoms with Crippen LogP contribution in [0.15, 0.2) is 258 Å². The van der Waals surface area contributed by atoms with Gasteiger partial charge in [-0.25, -0.2) is 33.8 Å². The quantitative estimate of drug-likeness (QED) is 0.00867. The number of methoxy groups -OCH3 is 2. The van der Waals surface area contributed by atoms with Crippen LogP contribution >= 0.6 is 8.53 Å². The van der Waals surface area contributed by atoms with Gasteiger partial charge in [0.1, 0.15) is 52.7 Å². The average Bonchev–Trinajstić information content (AvgIpc) is 1.01. The maximum absolute atomic E-state index is 14.9. The van der Waals surface area contributed by atoms with Crippen molar-refractivity contribution < 1.29 is 61.3 Å². The van der Waals surface area contributed by atoms with E-state index in [1.165, 1.54) is 27.0 Å². The Labute approximate surface area is 800 Å². The van der Waals surface area contributed by atoms with E-state index in [1.807, 2.05) is 213 Å². The molecule has 2 saturated heterocycles. The highest BCUT2D eigenvalue weighted by molar-refractivity contribution is 7.44. The Bertz CT molecular complexity index is 6070. The van der Waals surface area contributed by atoms with Gasteiger partial charge in [-0.2, -0.15) is 5.26 Å². The Balaban J connectivity index is 0.752. The first kappa shape index (κ1) is 100. The lowest BCUT2D eigenvalue weighted by molar-refractivity contribution is -0.0927. The zero-order chi connectivity index (χ0) is 95.6. The molecule has 0 bridgehead atoms. The fourth-order valence-corrected chi connectivity index (χ4v) is 18.9. The lowest BCUT2D eigenvalue weighted by Gasteiger charge is -2.39. The molecule has 704 valence electrons. The van der Waals surface area contributed by atoms with Gasteiger partial charge in [-0.3, -0.25) is 23.7 Å². The summed E-state index contributed by atoms with van der Waals surface area (Å²) in [6.45, 7) is 17.2. The lowest BCUT2D eigenvalue weighted by Crippen LogP contribution is -2.45. The molecule has 3 aromatic heterocycles. The summed E-state index contributed by atoms with van der Waals surface area (Å²) in [5, 5.41) is 9.68. The summed E-state index contributed by atoms with van der Waals surface area (Å²) in [5.74, 6) is 20.4. The first-order chi connectivity index (χ1) is 66.3. The first-order valence-electron chi connectivity index (χ1n) is 47.0. The van der Waals surface area contributed by atoms with Crippen LogP contribution in [0.5, 0.6) is 17.2 Å². The molecular weight excluding hydrogens is 1730 g/mol. The number of aryl methyl sites for hydroxylation is 2. The van der Waals surface area contributed by atoms with Crippen molar-refractivity contribution in [2.45, 2.75) is 181 Å². The maximum Gasteiger partial charge on any atom is 0.356 e. The molecule has 6 atom stereocenters. The van der Waals surface area contributed by atoms with E-state index in [1.54, 1.807) is 40.2 Å². The van der Waals surface area contributed by atoms with Gasteiger partial charge in [0.2, 0.25) is 0 Å². The molecule has 2 aliphatic rings. The third-order valence-electron chi connectivity index (χ3n) is 23.7. The van der Waals surface area contributed by atoms with Crippen LogP contribution in [0, 0.1) is 52.8 Å². The molecule has 11 aromatic rings. The summed E-state index contributed by atoms with van der Waals surface area (Å²) in [4.78, 5) is 84.8. The predicted molar refractivity (Wildman–Crippen MR) is 527 cm³/mol. The van der Waals surface area contributed by atoms with Crippen molar-refractivity contribution in [3.8, 4) is 58.8 Å². The Hall–Kier alpha value is -13.1. The molecule has 8 aromatic carbocycles. The largest absolute Gasteiger partial charge is 0.497 e. The molecular formula is C112H121N8O15P.